The summed E-state index contributed by atoms with van der Waals surface area (Å²) in [6, 6.07) is 5.21. The smallest absolute Gasteiger partial charge is 0.255 e. The molecule has 3 amide bonds. The third-order valence-corrected chi connectivity index (χ3v) is 4.81. The van der Waals surface area contributed by atoms with Crippen molar-refractivity contribution in [3.8, 4) is 0 Å². The number of amides is 3. The number of nitrogens with two attached hydrogens (primary N) is 1. The highest BCUT2D eigenvalue weighted by Gasteiger charge is 2.38. The van der Waals surface area contributed by atoms with Crippen LogP contribution in [0.5, 0.6) is 0 Å². The summed E-state index contributed by atoms with van der Waals surface area (Å²) in [5, 5.41) is 5.68. The molecule has 7 heteroatoms. The fraction of sp³-hybridized carbons (Fsp3) is 0.500. The van der Waals surface area contributed by atoms with Gasteiger partial charge in [-0.25, -0.2) is 0 Å². The Balaban J connectivity index is 1.67. The molecule has 0 aliphatic carbocycles. The first-order chi connectivity index (χ1) is 12.0. The van der Waals surface area contributed by atoms with Gasteiger partial charge in [0.05, 0.1) is 0 Å². The first-order valence-corrected chi connectivity index (χ1v) is 8.67. The van der Waals surface area contributed by atoms with E-state index < -0.39 is 6.04 Å². The van der Waals surface area contributed by atoms with Crippen molar-refractivity contribution in [2.45, 2.75) is 38.9 Å². The minimum atomic E-state index is -0.565. The van der Waals surface area contributed by atoms with Gasteiger partial charge in [-0.2, -0.15) is 0 Å². The third-order valence-electron chi connectivity index (χ3n) is 4.81. The van der Waals surface area contributed by atoms with Crippen molar-refractivity contribution in [1.82, 2.24) is 15.5 Å². The standard InChI is InChI=1S/C18H24N4O3/c1-11(7-19)8-20-9-12-2-3-14-13(6-12)10-22(18(14)25)15-4-5-16(23)21-17(15)24/h2-3,6,11,15,20H,4-5,7-10,19H2,1H3,(H,21,23,24)/t11-,15?/m0/s1. The Morgan fingerprint density at radius 1 is 1.36 bits per heavy atom. The van der Waals surface area contributed by atoms with Crippen molar-refractivity contribution in [2.24, 2.45) is 11.7 Å². The number of piperidine rings is 1. The van der Waals surface area contributed by atoms with Gasteiger partial charge in [0.15, 0.2) is 0 Å². The van der Waals surface area contributed by atoms with Gasteiger partial charge >= 0.3 is 0 Å². The number of benzene rings is 1. The first kappa shape index (κ1) is 17.6. The van der Waals surface area contributed by atoms with E-state index in [1.54, 1.807) is 4.90 Å². The third kappa shape index (κ3) is 3.72. The van der Waals surface area contributed by atoms with Crippen LogP contribution < -0.4 is 16.4 Å². The number of hydrogen-bond donors (Lipinski definition) is 3. The Morgan fingerprint density at radius 2 is 2.16 bits per heavy atom. The highest BCUT2D eigenvalue weighted by molar-refractivity contribution is 6.05. The maximum Gasteiger partial charge on any atom is 0.255 e. The average molecular weight is 344 g/mol. The molecule has 0 saturated carbocycles. The van der Waals surface area contributed by atoms with Crippen molar-refractivity contribution >= 4 is 17.7 Å². The zero-order valence-corrected chi connectivity index (χ0v) is 14.4. The van der Waals surface area contributed by atoms with Gasteiger partial charge in [-0.05, 0) is 42.6 Å². The fourth-order valence-corrected chi connectivity index (χ4v) is 3.28. The quantitative estimate of drug-likeness (QED) is 0.637. The van der Waals surface area contributed by atoms with Crippen LogP contribution in [0.1, 0.15) is 41.3 Å². The summed E-state index contributed by atoms with van der Waals surface area (Å²) >= 11 is 0. The maximum absolute atomic E-state index is 12.6. The van der Waals surface area contributed by atoms with Crippen LogP contribution in [-0.4, -0.2) is 41.8 Å². The molecule has 0 spiro atoms. The summed E-state index contributed by atoms with van der Waals surface area (Å²) in [7, 11) is 0. The molecule has 0 aromatic heterocycles. The average Bonchev–Trinajstić information content (AvgIpc) is 2.91. The Bertz CT molecular complexity index is 704. The van der Waals surface area contributed by atoms with Crippen LogP contribution >= 0.6 is 0 Å². The van der Waals surface area contributed by atoms with E-state index >= 15 is 0 Å². The molecule has 2 aliphatic rings. The zero-order valence-electron chi connectivity index (χ0n) is 14.4. The molecule has 1 saturated heterocycles. The van der Waals surface area contributed by atoms with Gasteiger partial charge in [0, 0.05) is 25.1 Å². The minimum absolute atomic E-state index is 0.138. The van der Waals surface area contributed by atoms with Gasteiger partial charge in [-0.15, -0.1) is 0 Å². The van der Waals surface area contributed by atoms with E-state index in [1.165, 1.54) is 0 Å². The number of fused-ring (bicyclic) bond motifs is 1. The number of carbonyl (C=O) groups excluding carboxylic acids is 3. The van der Waals surface area contributed by atoms with Crippen molar-refractivity contribution in [3.05, 3.63) is 34.9 Å². The molecule has 0 radical (unpaired) electrons. The molecule has 2 aliphatic heterocycles. The van der Waals surface area contributed by atoms with Gasteiger partial charge in [0.2, 0.25) is 11.8 Å². The topological polar surface area (TPSA) is 105 Å². The Morgan fingerprint density at radius 3 is 2.88 bits per heavy atom. The summed E-state index contributed by atoms with van der Waals surface area (Å²) in [4.78, 5) is 37.5. The number of carbonyl (C=O) groups is 3. The van der Waals surface area contributed by atoms with Crippen LogP contribution in [0.25, 0.3) is 0 Å². The number of rotatable bonds is 6. The lowest BCUT2D eigenvalue weighted by molar-refractivity contribution is -0.136. The lowest BCUT2D eigenvalue weighted by Gasteiger charge is -2.29. The molecule has 25 heavy (non-hydrogen) atoms. The largest absolute Gasteiger partial charge is 0.330 e. The summed E-state index contributed by atoms with van der Waals surface area (Å²) in [6.45, 7) is 4.70. The van der Waals surface area contributed by atoms with E-state index in [2.05, 4.69) is 17.6 Å². The second-order valence-electron chi connectivity index (χ2n) is 6.86. The molecule has 3 rings (SSSR count). The van der Waals surface area contributed by atoms with Crippen LogP contribution in [0.4, 0.5) is 0 Å². The predicted octanol–water partition coefficient (Wildman–Crippen LogP) is 0.132. The molecule has 1 aromatic rings. The van der Waals surface area contributed by atoms with Crippen molar-refractivity contribution in [2.75, 3.05) is 13.1 Å². The highest BCUT2D eigenvalue weighted by Crippen LogP contribution is 2.28. The Labute approximate surface area is 146 Å². The van der Waals surface area contributed by atoms with E-state index in [0.29, 0.717) is 37.5 Å². The summed E-state index contributed by atoms with van der Waals surface area (Å²) in [6.07, 6.45) is 0.654. The molecule has 134 valence electrons. The normalized spacial score (nSPS) is 21.3. The molecule has 0 bridgehead atoms. The fourth-order valence-electron chi connectivity index (χ4n) is 3.28. The minimum Gasteiger partial charge on any atom is -0.330 e. The molecule has 2 heterocycles. The molecule has 1 aromatic carbocycles. The molecule has 7 nitrogen and oxygen atoms in total. The van der Waals surface area contributed by atoms with Crippen LogP contribution in [-0.2, 0) is 22.7 Å². The van der Waals surface area contributed by atoms with E-state index in [0.717, 1.165) is 17.7 Å². The van der Waals surface area contributed by atoms with E-state index in [-0.39, 0.29) is 24.1 Å². The van der Waals surface area contributed by atoms with Crippen LogP contribution in [0, 0.1) is 5.92 Å². The summed E-state index contributed by atoms with van der Waals surface area (Å²) in [5.74, 6) is -0.375. The molecule has 1 unspecified atom stereocenters. The van der Waals surface area contributed by atoms with Crippen molar-refractivity contribution in [1.29, 1.82) is 0 Å². The van der Waals surface area contributed by atoms with Gasteiger partial charge in [0.25, 0.3) is 5.91 Å². The Hall–Kier alpha value is -2.25. The molecular weight excluding hydrogens is 320 g/mol. The van der Waals surface area contributed by atoms with Crippen molar-refractivity contribution in [3.63, 3.8) is 0 Å². The summed E-state index contributed by atoms with van der Waals surface area (Å²) in [5.41, 5.74) is 8.28. The predicted molar refractivity (Wildman–Crippen MR) is 92.4 cm³/mol. The number of nitrogens with one attached hydrogen (secondary N) is 2. The summed E-state index contributed by atoms with van der Waals surface area (Å²) < 4.78 is 0. The van der Waals surface area contributed by atoms with E-state index in [1.807, 2.05) is 18.2 Å². The van der Waals surface area contributed by atoms with Gasteiger partial charge in [-0.1, -0.05) is 19.1 Å². The second kappa shape index (κ2) is 7.33. The number of hydrogen-bond acceptors (Lipinski definition) is 5. The SMILES string of the molecule is C[C@@H](CN)CNCc1ccc2c(c1)CN(C1CCC(=O)NC1=O)C2=O. The first-order valence-electron chi connectivity index (χ1n) is 8.67. The van der Waals surface area contributed by atoms with E-state index in [4.69, 9.17) is 5.73 Å². The van der Waals surface area contributed by atoms with Crippen LogP contribution in [0.2, 0.25) is 0 Å². The number of imide groups is 1. The van der Waals surface area contributed by atoms with Gasteiger partial charge < -0.3 is 16.0 Å². The molecule has 1 fully saturated rings. The van der Waals surface area contributed by atoms with Crippen LogP contribution in [0.3, 0.4) is 0 Å². The zero-order chi connectivity index (χ0) is 18.0. The second-order valence-corrected chi connectivity index (χ2v) is 6.86. The van der Waals surface area contributed by atoms with Crippen molar-refractivity contribution < 1.29 is 14.4 Å². The molecule has 4 N–H and O–H groups in total. The Kier molecular flexibility index (Phi) is 5.15. The van der Waals surface area contributed by atoms with E-state index in [9.17, 15) is 14.4 Å². The maximum atomic E-state index is 12.6. The highest BCUT2D eigenvalue weighted by atomic mass is 16.2. The number of nitrogens with zero attached hydrogens (tertiary/aromatic N) is 1. The van der Waals surface area contributed by atoms with Crippen LogP contribution in [0.15, 0.2) is 18.2 Å². The lowest BCUT2D eigenvalue weighted by atomic mass is 10.0. The van der Waals surface area contributed by atoms with Gasteiger partial charge in [-0.3, -0.25) is 19.7 Å². The molecule has 2 atom stereocenters. The monoisotopic (exact) mass is 344 g/mol. The van der Waals surface area contributed by atoms with Gasteiger partial charge in [0.1, 0.15) is 6.04 Å². The lowest BCUT2D eigenvalue weighted by Crippen LogP contribution is -2.52. The molecular formula is C18H24N4O3.